The van der Waals surface area contributed by atoms with Crippen LogP contribution in [0.4, 0.5) is 19.8 Å². The summed E-state index contributed by atoms with van der Waals surface area (Å²) in [6.07, 6.45) is 0.653. The van der Waals surface area contributed by atoms with Crippen LogP contribution < -0.4 is 9.04 Å². The van der Waals surface area contributed by atoms with Gasteiger partial charge in [0.15, 0.2) is 5.82 Å². The molecular weight excluding hydrogens is 680 g/mol. The van der Waals surface area contributed by atoms with E-state index in [0.717, 1.165) is 34.6 Å². The van der Waals surface area contributed by atoms with Crippen molar-refractivity contribution in [2.24, 2.45) is 0 Å². The topological polar surface area (TPSA) is 115 Å². The molecule has 1 aromatic heterocycles. The van der Waals surface area contributed by atoms with Crippen LogP contribution in [0.2, 0.25) is 10.0 Å². The quantitative estimate of drug-likeness (QED) is 0.241. The lowest BCUT2D eigenvalue weighted by Gasteiger charge is -2.37. The van der Waals surface area contributed by atoms with Crippen molar-refractivity contribution in [2.45, 2.75) is 70.1 Å². The van der Waals surface area contributed by atoms with Gasteiger partial charge in [0.2, 0.25) is 0 Å². The third-order valence-corrected chi connectivity index (χ3v) is 9.13. The number of rotatable bonds is 7. The summed E-state index contributed by atoms with van der Waals surface area (Å²) in [5, 5.41) is 1.55. The number of ether oxygens (including phenoxy) is 3. The fraction of sp³-hybridized carbons (Fsp3) is 0.387. The summed E-state index contributed by atoms with van der Waals surface area (Å²) >= 11 is 13.8. The van der Waals surface area contributed by atoms with E-state index in [9.17, 15) is 18.0 Å². The molecule has 1 atom stereocenters. The van der Waals surface area contributed by atoms with Gasteiger partial charge < -0.3 is 14.2 Å². The van der Waals surface area contributed by atoms with Crippen molar-refractivity contribution in [3.05, 3.63) is 74.8 Å². The van der Waals surface area contributed by atoms with Gasteiger partial charge in [-0.2, -0.15) is 0 Å². The molecule has 0 bridgehead atoms. The van der Waals surface area contributed by atoms with Gasteiger partial charge in [0.05, 0.1) is 16.6 Å². The van der Waals surface area contributed by atoms with Crippen LogP contribution in [0.5, 0.6) is 5.75 Å². The lowest BCUT2D eigenvalue weighted by atomic mass is 9.93. The van der Waals surface area contributed by atoms with Crippen molar-refractivity contribution >= 4 is 68.1 Å². The molecule has 1 aliphatic heterocycles. The van der Waals surface area contributed by atoms with Gasteiger partial charge in [-0.25, -0.2) is 27.4 Å². The highest BCUT2D eigenvalue weighted by Crippen LogP contribution is 2.36. The number of halogens is 3. The Morgan fingerprint density at radius 2 is 1.78 bits per heavy atom. The minimum atomic E-state index is -4.89. The molecule has 3 aromatic rings. The van der Waals surface area contributed by atoms with Gasteiger partial charge >= 0.3 is 12.2 Å². The molecule has 10 nitrogen and oxygen atoms in total. The Morgan fingerprint density at radius 1 is 1.09 bits per heavy atom. The van der Waals surface area contributed by atoms with Crippen molar-refractivity contribution in [3.8, 4) is 5.75 Å². The molecule has 248 valence electrons. The zero-order valence-corrected chi connectivity index (χ0v) is 29.2. The molecule has 46 heavy (non-hydrogen) atoms. The highest BCUT2D eigenvalue weighted by Gasteiger charge is 2.39. The lowest BCUT2D eigenvalue weighted by molar-refractivity contribution is 0.0162. The molecule has 1 unspecified atom stereocenters. The molecular formula is C31H34Cl2FN3O7S2. The third kappa shape index (κ3) is 8.49. The van der Waals surface area contributed by atoms with Crippen molar-refractivity contribution in [1.82, 2.24) is 9.88 Å². The van der Waals surface area contributed by atoms with Crippen molar-refractivity contribution < 1.29 is 36.6 Å². The van der Waals surface area contributed by atoms with Crippen LogP contribution in [-0.4, -0.2) is 60.9 Å². The fourth-order valence-electron chi connectivity index (χ4n) is 4.53. The molecule has 2 heterocycles. The normalized spacial score (nSPS) is 15.6. The summed E-state index contributed by atoms with van der Waals surface area (Å²) in [4.78, 5) is 30.8. The first kappa shape index (κ1) is 35.5. The third-order valence-electron chi connectivity index (χ3n) is 6.34. The molecule has 0 spiro atoms. The summed E-state index contributed by atoms with van der Waals surface area (Å²) in [6, 6.07) is 8.07. The van der Waals surface area contributed by atoms with Crippen molar-refractivity contribution in [3.63, 3.8) is 0 Å². The smallest absolute Gasteiger partial charge is 0.430 e. The molecule has 2 aromatic carbocycles. The largest absolute Gasteiger partial charge is 0.489 e. The number of nitrogens with zero attached hydrogens (tertiary/aromatic N) is 3. The van der Waals surface area contributed by atoms with Crippen LogP contribution >= 0.6 is 34.5 Å². The second-order valence-corrected chi connectivity index (χ2v) is 15.6. The van der Waals surface area contributed by atoms with Crippen LogP contribution in [0.3, 0.4) is 0 Å². The number of aromatic nitrogens is 1. The number of sulfonamides is 1. The Labute approximate surface area is 281 Å². The van der Waals surface area contributed by atoms with Crippen LogP contribution in [0, 0.1) is 5.82 Å². The minimum absolute atomic E-state index is 0.184. The Morgan fingerprint density at radius 3 is 2.39 bits per heavy atom. The summed E-state index contributed by atoms with van der Waals surface area (Å²) in [5.74, 6) is -1.69. The first-order valence-corrected chi connectivity index (χ1v) is 17.3. The lowest BCUT2D eigenvalue weighted by Crippen LogP contribution is -2.48. The van der Waals surface area contributed by atoms with Gasteiger partial charge in [-0.3, -0.25) is 4.90 Å². The van der Waals surface area contributed by atoms with E-state index in [4.69, 9.17) is 37.4 Å². The first-order chi connectivity index (χ1) is 21.4. The number of hydrogen-bond acceptors (Lipinski definition) is 9. The fourth-order valence-corrected chi connectivity index (χ4v) is 6.93. The average molecular weight is 715 g/mol. The van der Waals surface area contributed by atoms with Gasteiger partial charge in [-0.05, 0) is 77.3 Å². The van der Waals surface area contributed by atoms with E-state index in [1.54, 1.807) is 59.7 Å². The van der Waals surface area contributed by atoms with Crippen LogP contribution in [0.15, 0.2) is 58.3 Å². The Balaban J connectivity index is 1.67. The van der Waals surface area contributed by atoms with Gasteiger partial charge in [0.25, 0.3) is 10.0 Å². The van der Waals surface area contributed by atoms with Crippen LogP contribution in [0.1, 0.15) is 53.5 Å². The highest BCUT2D eigenvalue weighted by atomic mass is 35.5. The maximum Gasteiger partial charge on any atom is 0.430 e. The van der Waals surface area contributed by atoms with E-state index in [2.05, 4.69) is 4.98 Å². The zero-order valence-electron chi connectivity index (χ0n) is 26.0. The molecule has 0 aliphatic carbocycles. The van der Waals surface area contributed by atoms with E-state index in [1.165, 1.54) is 15.8 Å². The molecule has 0 N–H and O–H groups in total. The number of hydrogen-bond donors (Lipinski definition) is 0. The number of anilines is 1. The maximum absolute atomic E-state index is 15.6. The molecule has 2 amide bonds. The Bertz CT molecular complexity index is 1740. The monoisotopic (exact) mass is 713 g/mol. The predicted octanol–water partition coefficient (Wildman–Crippen LogP) is 8.19. The first-order valence-electron chi connectivity index (χ1n) is 14.1. The molecule has 0 saturated carbocycles. The average Bonchev–Trinajstić information content (AvgIpc) is 3.45. The minimum Gasteiger partial charge on any atom is -0.489 e. The van der Waals surface area contributed by atoms with Gasteiger partial charge in [0.1, 0.15) is 34.3 Å². The second-order valence-electron chi connectivity index (χ2n) is 12.3. The van der Waals surface area contributed by atoms with E-state index < -0.39 is 50.2 Å². The molecule has 0 fully saturated rings. The van der Waals surface area contributed by atoms with E-state index in [-0.39, 0.29) is 27.5 Å². The predicted molar refractivity (Wildman–Crippen MR) is 176 cm³/mol. The van der Waals surface area contributed by atoms with E-state index in [1.807, 2.05) is 12.1 Å². The maximum atomic E-state index is 15.6. The Kier molecular flexibility index (Phi) is 10.6. The van der Waals surface area contributed by atoms with Crippen LogP contribution in [-0.2, 0) is 19.5 Å². The molecule has 15 heteroatoms. The molecule has 1 aliphatic rings. The van der Waals surface area contributed by atoms with Gasteiger partial charge in [-0.15, -0.1) is 15.6 Å². The summed E-state index contributed by atoms with van der Waals surface area (Å²) < 4.78 is 60.2. The molecule has 4 rings (SSSR count). The number of amides is 2. The van der Waals surface area contributed by atoms with E-state index in [0.29, 0.717) is 18.0 Å². The second kappa shape index (κ2) is 13.8. The molecule has 0 saturated heterocycles. The van der Waals surface area contributed by atoms with Gasteiger partial charge in [-0.1, -0.05) is 41.4 Å². The Hall–Kier alpha value is -3.39. The summed E-state index contributed by atoms with van der Waals surface area (Å²) in [5.41, 5.74) is 0.975. The standard InChI is InChI=1S/C31H34Cl2FN3O7S2/c1-30(2,3)43-28(38)36-12-8-11-21(19-9-7-10-20(32)13-19)24(36)16-42-25-15-23(34)26(14-22(25)33)46(40,41)37(27-17-45-18-35-27)29(39)44-31(4,5)6/h7,9-11,13-15,17-18,24H,8,12,16H2,1-6H3. The van der Waals surface area contributed by atoms with E-state index >= 15 is 4.39 Å². The number of thiazole rings is 1. The SMILES string of the molecule is CC(C)(C)OC(=O)N1CCC=C(c2cccc(Cl)c2)C1COc1cc(F)c(S(=O)(=O)N(C(=O)OC(C)(C)C)c2cscn2)cc1Cl. The number of benzene rings is 2. The molecule has 0 radical (unpaired) electrons. The zero-order chi connectivity index (χ0) is 34.0. The van der Waals surface area contributed by atoms with Crippen molar-refractivity contribution in [1.29, 1.82) is 0 Å². The summed E-state index contributed by atoms with van der Waals surface area (Å²) in [6.45, 7) is 10.1. The highest BCUT2D eigenvalue weighted by molar-refractivity contribution is 7.93. The number of carbonyl (C=O) groups is 2. The number of carbonyl (C=O) groups excluding carboxylic acids is 2. The summed E-state index contributed by atoms with van der Waals surface area (Å²) in [7, 11) is -4.89. The van der Waals surface area contributed by atoms with Gasteiger partial charge in [0, 0.05) is 23.0 Å². The van der Waals surface area contributed by atoms with Crippen molar-refractivity contribution in [2.75, 3.05) is 17.5 Å². The van der Waals surface area contributed by atoms with Crippen LogP contribution in [0.25, 0.3) is 5.57 Å².